The van der Waals surface area contributed by atoms with Gasteiger partial charge in [-0.3, -0.25) is 9.88 Å². The van der Waals surface area contributed by atoms with Crippen LogP contribution in [0.25, 0.3) is 4.91 Å². The monoisotopic (exact) mass is 480 g/mol. The average Bonchev–Trinajstić information content (AvgIpc) is 3.30. The van der Waals surface area contributed by atoms with Gasteiger partial charge in [-0.15, -0.1) is 11.8 Å². The minimum Gasteiger partial charge on any atom is -0.369 e. The summed E-state index contributed by atoms with van der Waals surface area (Å²) in [5.74, 6) is 0.946. The Morgan fingerprint density at radius 2 is 1.85 bits per heavy atom. The van der Waals surface area contributed by atoms with Gasteiger partial charge in [-0.2, -0.15) is 0 Å². The molecular weight excluding hydrogens is 444 g/mol. The van der Waals surface area contributed by atoms with Crippen molar-refractivity contribution in [1.82, 2.24) is 14.8 Å². The van der Waals surface area contributed by atoms with Gasteiger partial charge in [-0.05, 0) is 42.3 Å². The van der Waals surface area contributed by atoms with E-state index in [1.54, 1.807) is 0 Å². The molecule has 0 unspecified atom stereocenters. The van der Waals surface area contributed by atoms with E-state index >= 15 is 0 Å². The lowest BCUT2D eigenvalue weighted by Crippen LogP contribution is -2.46. The van der Waals surface area contributed by atoms with E-state index < -0.39 is 0 Å². The number of rotatable bonds is 6. The smallest absolute Gasteiger partial charge is 0.174 e. The van der Waals surface area contributed by atoms with E-state index in [1.807, 2.05) is 24.0 Å². The summed E-state index contributed by atoms with van der Waals surface area (Å²) in [6.07, 6.45) is 4.02. The van der Waals surface area contributed by atoms with Crippen molar-refractivity contribution in [3.8, 4) is 0 Å². The number of benzene rings is 1. The summed E-state index contributed by atoms with van der Waals surface area (Å²) in [5.41, 5.74) is 5.25. The molecule has 7 heteroatoms. The molecule has 182 valence electrons. The van der Waals surface area contributed by atoms with Crippen LogP contribution in [0.1, 0.15) is 30.7 Å². The minimum atomic E-state index is -0.135. The zero-order valence-corrected chi connectivity index (χ0v) is 21.4. The van der Waals surface area contributed by atoms with Crippen LogP contribution in [-0.4, -0.2) is 72.9 Å². The van der Waals surface area contributed by atoms with Crippen LogP contribution in [0.5, 0.6) is 0 Å². The molecule has 34 heavy (non-hydrogen) atoms. The number of anilines is 1. The minimum absolute atomic E-state index is 0.113. The van der Waals surface area contributed by atoms with E-state index in [1.165, 1.54) is 21.7 Å². The topological polar surface area (TPSA) is 41.1 Å². The van der Waals surface area contributed by atoms with Crippen LogP contribution in [0, 0.1) is 12.3 Å². The molecule has 0 saturated carbocycles. The number of hydrogen-bond donors (Lipinski definition) is 0. The molecule has 0 bridgehead atoms. The van der Waals surface area contributed by atoms with Crippen molar-refractivity contribution < 1.29 is 9.47 Å². The number of piperazine rings is 1. The molecular formula is C27H36N4O2S. The van der Waals surface area contributed by atoms with Crippen LogP contribution in [0.4, 0.5) is 5.69 Å². The second-order valence-electron chi connectivity index (χ2n) is 10.3. The zero-order valence-electron chi connectivity index (χ0n) is 20.6. The van der Waals surface area contributed by atoms with Gasteiger partial charge in [-0.1, -0.05) is 26.0 Å². The SMILES string of the molecule is Cc1cc(N2CCN(Cc3ccccn3)CC2)ccc1C1=CN(CC2OCC(C)(C)CO2)CS1. The van der Waals surface area contributed by atoms with Crippen LogP contribution >= 0.6 is 11.8 Å². The molecule has 6 nitrogen and oxygen atoms in total. The maximum absolute atomic E-state index is 5.93. The molecule has 2 aromatic rings. The molecule has 0 aliphatic carbocycles. The van der Waals surface area contributed by atoms with Crippen molar-refractivity contribution in [1.29, 1.82) is 0 Å². The lowest BCUT2D eigenvalue weighted by Gasteiger charge is -2.36. The third kappa shape index (κ3) is 5.77. The predicted molar refractivity (Wildman–Crippen MR) is 140 cm³/mol. The molecule has 2 fully saturated rings. The largest absolute Gasteiger partial charge is 0.369 e. The first kappa shape index (κ1) is 23.7. The first-order valence-corrected chi connectivity index (χ1v) is 13.2. The predicted octanol–water partition coefficient (Wildman–Crippen LogP) is 4.42. The van der Waals surface area contributed by atoms with Crippen molar-refractivity contribution in [2.24, 2.45) is 5.41 Å². The summed E-state index contributed by atoms with van der Waals surface area (Å²) in [7, 11) is 0. The molecule has 0 spiro atoms. The Morgan fingerprint density at radius 1 is 1.06 bits per heavy atom. The van der Waals surface area contributed by atoms with Crippen LogP contribution < -0.4 is 4.90 Å². The Bertz CT molecular complexity index is 995. The van der Waals surface area contributed by atoms with Gasteiger partial charge in [0.15, 0.2) is 6.29 Å². The van der Waals surface area contributed by atoms with Gasteiger partial charge in [0.2, 0.25) is 0 Å². The van der Waals surface area contributed by atoms with Crippen molar-refractivity contribution in [3.05, 3.63) is 65.6 Å². The molecule has 1 aromatic heterocycles. The Labute approximate surface area is 207 Å². The van der Waals surface area contributed by atoms with E-state index in [4.69, 9.17) is 9.47 Å². The second kappa shape index (κ2) is 10.3. The fraction of sp³-hybridized carbons (Fsp3) is 0.519. The Balaban J connectivity index is 1.15. The highest BCUT2D eigenvalue weighted by Gasteiger charge is 2.30. The summed E-state index contributed by atoms with van der Waals surface area (Å²) in [4.78, 5) is 13.1. The highest BCUT2D eigenvalue weighted by Crippen LogP contribution is 2.37. The number of nitrogens with zero attached hydrogens (tertiary/aromatic N) is 4. The Kier molecular flexibility index (Phi) is 7.16. The van der Waals surface area contributed by atoms with Gasteiger partial charge in [-0.25, -0.2) is 0 Å². The summed E-state index contributed by atoms with van der Waals surface area (Å²) in [6, 6.07) is 13.1. The third-order valence-corrected chi connectivity index (χ3v) is 7.81. The maximum Gasteiger partial charge on any atom is 0.174 e. The highest BCUT2D eigenvalue weighted by atomic mass is 32.2. The quantitative estimate of drug-likeness (QED) is 0.606. The van der Waals surface area contributed by atoms with E-state index in [0.29, 0.717) is 0 Å². The molecule has 2 saturated heterocycles. The van der Waals surface area contributed by atoms with E-state index in [2.05, 4.69) is 77.0 Å². The number of ether oxygens (including phenoxy) is 2. The number of aryl methyl sites for hydroxylation is 1. The molecule has 5 rings (SSSR count). The molecule has 4 heterocycles. The van der Waals surface area contributed by atoms with Crippen molar-refractivity contribution in [2.75, 3.05) is 56.7 Å². The summed E-state index contributed by atoms with van der Waals surface area (Å²) in [6.45, 7) is 14.1. The second-order valence-corrected chi connectivity index (χ2v) is 11.3. The molecule has 0 radical (unpaired) electrons. The summed E-state index contributed by atoms with van der Waals surface area (Å²) in [5, 5.41) is 0. The van der Waals surface area contributed by atoms with Gasteiger partial charge in [0.1, 0.15) is 0 Å². The molecule has 3 aliphatic rings. The fourth-order valence-electron chi connectivity index (χ4n) is 4.68. The number of thioether (sulfide) groups is 1. The Hall–Kier alpha value is -2.06. The molecule has 1 aromatic carbocycles. The molecule has 3 aliphatic heterocycles. The third-order valence-electron chi connectivity index (χ3n) is 6.71. The van der Waals surface area contributed by atoms with Crippen LogP contribution in [0.3, 0.4) is 0 Å². The van der Waals surface area contributed by atoms with Gasteiger partial charge in [0, 0.05) is 61.1 Å². The number of aromatic nitrogens is 1. The lowest BCUT2D eigenvalue weighted by atomic mass is 9.96. The van der Waals surface area contributed by atoms with Crippen molar-refractivity contribution in [3.63, 3.8) is 0 Å². The van der Waals surface area contributed by atoms with Crippen LogP contribution in [0.15, 0.2) is 48.8 Å². The van der Waals surface area contributed by atoms with E-state index in [9.17, 15) is 0 Å². The first-order valence-electron chi connectivity index (χ1n) is 12.3. The van der Waals surface area contributed by atoms with Gasteiger partial charge >= 0.3 is 0 Å². The highest BCUT2D eigenvalue weighted by molar-refractivity contribution is 8.08. The van der Waals surface area contributed by atoms with Crippen molar-refractivity contribution in [2.45, 2.75) is 33.6 Å². The summed E-state index contributed by atoms with van der Waals surface area (Å²) >= 11 is 1.90. The normalized spacial score (nSPS) is 21.7. The van der Waals surface area contributed by atoms with Gasteiger partial charge < -0.3 is 19.3 Å². The Morgan fingerprint density at radius 3 is 2.56 bits per heavy atom. The standard InChI is InChI=1S/C27H36N4O2S/c1-21-14-23(31-12-10-29(11-13-31)15-22-6-4-5-9-28-22)7-8-24(21)25-16-30(20-34-25)17-26-32-18-27(2,3)19-33-26/h4-9,14,16,26H,10-13,15,17-20H2,1-3H3. The molecule has 0 amide bonds. The van der Waals surface area contributed by atoms with E-state index in [-0.39, 0.29) is 11.7 Å². The summed E-state index contributed by atoms with van der Waals surface area (Å²) < 4.78 is 11.9. The average molecular weight is 481 g/mol. The van der Waals surface area contributed by atoms with Crippen LogP contribution in [-0.2, 0) is 16.0 Å². The van der Waals surface area contributed by atoms with Crippen molar-refractivity contribution >= 4 is 22.4 Å². The van der Waals surface area contributed by atoms with E-state index in [0.717, 1.165) is 64.1 Å². The molecule has 0 atom stereocenters. The zero-order chi connectivity index (χ0) is 23.5. The van der Waals surface area contributed by atoms with Gasteiger partial charge in [0.05, 0.1) is 31.3 Å². The molecule has 0 N–H and O–H groups in total. The lowest BCUT2D eigenvalue weighted by molar-refractivity contribution is -0.224. The number of hydrogen-bond acceptors (Lipinski definition) is 7. The van der Waals surface area contributed by atoms with Gasteiger partial charge in [0.25, 0.3) is 0 Å². The van der Waals surface area contributed by atoms with Crippen LogP contribution in [0.2, 0.25) is 0 Å². The maximum atomic E-state index is 5.93. The first-order chi connectivity index (χ1) is 16.4. The number of pyridine rings is 1. The fourth-order valence-corrected chi connectivity index (χ4v) is 5.77.